The van der Waals surface area contributed by atoms with Gasteiger partial charge in [0.15, 0.2) is 0 Å². The van der Waals surface area contributed by atoms with Crippen LogP contribution in [-0.2, 0) is 6.54 Å². The summed E-state index contributed by atoms with van der Waals surface area (Å²) in [6.45, 7) is 4.96. The fourth-order valence-electron chi connectivity index (χ4n) is 1.66. The van der Waals surface area contributed by atoms with Gasteiger partial charge in [-0.2, -0.15) is 0 Å². The van der Waals surface area contributed by atoms with Gasteiger partial charge in [-0.15, -0.1) is 0 Å². The first-order chi connectivity index (χ1) is 8.88. The number of hydrogen-bond acceptors (Lipinski definition) is 2. The predicted octanol–water partition coefficient (Wildman–Crippen LogP) is 3.86. The molecule has 0 aliphatic rings. The van der Waals surface area contributed by atoms with Crippen LogP contribution in [0.25, 0.3) is 0 Å². The number of benzene rings is 2. The second kappa shape index (κ2) is 6.50. The van der Waals surface area contributed by atoms with E-state index in [1.54, 1.807) is 6.08 Å². The Hall–Kier alpha value is -2.22. The van der Waals surface area contributed by atoms with Gasteiger partial charge < -0.3 is 10.1 Å². The van der Waals surface area contributed by atoms with Crippen molar-refractivity contribution in [1.82, 2.24) is 0 Å². The molecule has 2 nitrogen and oxygen atoms in total. The summed E-state index contributed by atoms with van der Waals surface area (Å²) in [5.41, 5.74) is 2.32. The standard InChI is InChI=1S/C16H17NO/c1-2-11-18-16-10-6-7-14(12-16)13-17-15-8-4-3-5-9-15/h2-10,12,17H,1,11,13H2. The minimum absolute atomic E-state index is 0.537. The SMILES string of the molecule is C=CCOc1cccc(CNc2ccccc2)c1. The Kier molecular flexibility index (Phi) is 4.42. The molecule has 0 saturated heterocycles. The Morgan fingerprint density at radius 2 is 1.89 bits per heavy atom. The van der Waals surface area contributed by atoms with E-state index in [0.29, 0.717) is 6.61 Å². The first-order valence-electron chi connectivity index (χ1n) is 6.00. The quantitative estimate of drug-likeness (QED) is 0.773. The Labute approximate surface area is 108 Å². The number of anilines is 1. The molecule has 0 aliphatic carbocycles. The predicted molar refractivity (Wildman–Crippen MR) is 75.9 cm³/mol. The zero-order valence-electron chi connectivity index (χ0n) is 10.3. The summed E-state index contributed by atoms with van der Waals surface area (Å²) in [6.07, 6.45) is 1.74. The summed E-state index contributed by atoms with van der Waals surface area (Å²) in [5, 5.41) is 3.37. The van der Waals surface area contributed by atoms with E-state index in [-0.39, 0.29) is 0 Å². The van der Waals surface area contributed by atoms with Crippen molar-refractivity contribution in [2.45, 2.75) is 6.54 Å². The van der Waals surface area contributed by atoms with E-state index in [2.05, 4.69) is 30.1 Å². The average Bonchev–Trinajstić information content (AvgIpc) is 2.44. The van der Waals surface area contributed by atoms with Gasteiger partial charge >= 0.3 is 0 Å². The summed E-state index contributed by atoms with van der Waals surface area (Å²) in [4.78, 5) is 0. The molecule has 0 bridgehead atoms. The van der Waals surface area contributed by atoms with E-state index < -0.39 is 0 Å². The molecule has 0 aliphatic heterocycles. The minimum atomic E-state index is 0.537. The molecule has 0 spiro atoms. The van der Waals surface area contributed by atoms with Gasteiger partial charge in [0.05, 0.1) is 0 Å². The Bertz CT molecular complexity index is 493. The normalized spacial score (nSPS) is 9.78. The molecular weight excluding hydrogens is 222 g/mol. The molecule has 2 aromatic carbocycles. The largest absolute Gasteiger partial charge is 0.490 e. The highest BCUT2D eigenvalue weighted by molar-refractivity contribution is 5.43. The van der Waals surface area contributed by atoms with Gasteiger partial charge in [0.25, 0.3) is 0 Å². The molecule has 2 aromatic rings. The molecule has 1 N–H and O–H groups in total. The van der Waals surface area contributed by atoms with E-state index in [9.17, 15) is 0 Å². The Morgan fingerprint density at radius 3 is 2.67 bits per heavy atom. The van der Waals surface area contributed by atoms with E-state index in [4.69, 9.17) is 4.74 Å². The molecule has 2 heteroatoms. The van der Waals surface area contributed by atoms with Crippen LogP contribution in [0.4, 0.5) is 5.69 Å². The van der Waals surface area contributed by atoms with Crippen molar-refractivity contribution in [2.75, 3.05) is 11.9 Å². The van der Waals surface area contributed by atoms with Crippen molar-refractivity contribution < 1.29 is 4.74 Å². The van der Waals surface area contributed by atoms with Gasteiger partial charge in [-0.3, -0.25) is 0 Å². The first kappa shape index (κ1) is 12.2. The molecule has 2 rings (SSSR count). The lowest BCUT2D eigenvalue weighted by Gasteiger charge is -2.08. The van der Waals surface area contributed by atoms with Gasteiger partial charge in [0.2, 0.25) is 0 Å². The van der Waals surface area contributed by atoms with Crippen LogP contribution in [0, 0.1) is 0 Å². The van der Waals surface area contributed by atoms with Crippen LogP contribution in [-0.4, -0.2) is 6.61 Å². The molecular formula is C16H17NO. The molecule has 0 radical (unpaired) electrons. The maximum Gasteiger partial charge on any atom is 0.120 e. The van der Waals surface area contributed by atoms with Crippen LogP contribution in [0.15, 0.2) is 67.3 Å². The molecule has 0 aromatic heterocycles. The fraction of sp³-hybridized carbons (Fsp3) is 0.125. The Morgan fingerprint density at radius 1 is 1.06 bits per heavy atom. The number of hydrogen-bond donors (Lipinski definition) is 1. The van der Waals surface area contributed by atoms with Crippen molar-refractivity contribution in [3.05, 3.63) is 72.8 Å². The minimum Gasteiger partial charge on any atom is -0.490 e. The van der Waals surface area contributed by atoms with Crippen LogP contribution < -0.4 is 10.1 Å². The maximum atomic E-state index is 5.50. The number of nitrogens with one attached hydrogen (secondary N) is 1. The van der Waals surface area contributed by atoms with Gasteiger partial charge in [-0.05, 0) is 29.8 Å². The highest BCUT2D eigenvalue weighted by atomic mass is 16.5. The third kappa shape index (κ3) is 3.67. The van der Waals surface area contributed by atoms with Crippen molar-refractivity contribution in [3.8, 4) is 5.75 Å². The molecule has 0 amide bonds. The molecule has 0 atom stereocenters. The molecule has 92 valence electrons. The fourth-order valence-corrected chi connectivity index (χ4v) is 1.66. The van der Waals surface area contributed by atoms with Gasteiger partial charge in [0.1, 0.15) is 12.4 Å². The van der Waals surface area contributed by atoms with Gasteiger partial charge in [0, 0.05) is 12.2 Å². The van der Waals surface area contributed by atoms with Crippen LogP contribution in [0.3, 0.4) is 0 Å². The van der Waals surface area contributed by atoms with E-state index in [1.807, 2.05) is 36.4 Å². The number of rotatable bonds is 6. The molecule has 0 unspecified atom stereocenters. The highest BCUT2D eigenvalue weighted by Crippen LogP contribution is 2.15. The average molecular weight is 239 g/mol. The summed E-state index contributed by atoms with van der Waals surface area (Å²) in [6, 6.07) is 18.2. The molecule has 0 heterocycles. The first-order valence-corrected chi connectivity index (χ1v) is 6.00. The van der Waals surface area contributed by atoms with Crippen LogP contribution in [0.5, 0.6) is 5.75 Å². The zero-order valence-corrected chi connectivity index (χ0v) is 10.3. The third-order valence-electron chi connectivity index (χ3n) is 2.54. The maximum absolute atomic E-state index is 5.50. The summed E-state index contributed by atoms with van der Waals surface area (Å²) in [5.74, 6) is 0.877. The van der Waals surface area contributed by atoms with E-state index >= 15 is 0 Å². The second-order valence-corrected chi connectivity index (χ2v) is 3.97. The monoisotopic (exact) mass is 239 g/mol. The molecule has 18 heavy (non-hydrogen) atoms. The number of ether oxygens (including phenoxy) is 1. The summed E-state index contributed by atoms with van der Waals surface area (Å²) in [7, 11) is 0. The summed E-state index contributed by atoms with van der Waals surface area (Å²) >= 11 is 0. The van der Waals surface area contributed by atoms with Crippen LogP contribution in [0.2, 0.25) is 0 Å². The lowest BCUT2D eigenvalue weighted by Crippen LogP contribution is -2.00. The lowest BCUT2D eigenvalue weighted by atomic mass is 10.2. The topological polar surface area (TPSA) is 21.3 Å². The Balaban J connectivity index is 1.95. The zero-order chi connectivity index (χ0) is 12.6. The van der Waals surface area contributed by atoms with Gasteiger partial charge in [-0.1, -0.05) is 43.0 Å². The van der Waals surface area contributed by atoms with Crippen LogP contribution >= 0.6 is 0 Å². The van der Waals surface area contributed by atoms with E-state index in [0.717, 1.165) is 18.0 Å². The van der Waals surface area contributed by atoms with Crippen molar-refractivity contribution in [3.63, 3.8) is 0 Å². The number of para-hydroxylation sites is 1. The lowest BCUT2D eigenvalue weighted by molar-refractivity contribution is 0.363. The van der Waals surface area contributed by atoms with Gasteiger partial charge in [-0.25, -0.2) is 0 Å². The van der Waals surface area contributed by atoms with Crippen molar-refractivity contribution in [2.24, 2.45) is 0 Å². The van der Waals surface area contributed by atoms with Crippen molar-refractivity contribution >= 4 is 5.69 Å². The highest BCUT2D eigenvalue weighted by Gasteiger charge is 1.96. The smallest absolute Gasteiger partial charge is 0.120 e. The second-order valence-electron chi connectivity index (χ2n) is 3.97. The van der Waals surface area contributed by atoms with Crippen LogP contribution in [0.1, 0.15) is 5.56 Å². The molecule has 0 saturated carbocycles. The third-order valence-corrected chi connectivity index (χ3v) is 2.54. The summed E-state index contributed by atoms with van der Waals surface area (Å²) < 4.78 is 5.50. The molecule has 0 fully saturated rings. The van der Waals surface area contributed by atoms with E-state index in [1.165, 1.54) is 5.56 Å². The van der Waals surface area contributed by atoms with Crippen molar-refractivity contribution in [1.29, 1.82) is 0 Å².